The molecule has 0 aromatic heterocycles. The molecule has 1 rings (SSSR count). The third-order valence-corrected chi connectivity index (χ3v) is 3.92. The zero-order chi connectivity index (χ0) is 13.6. The van der Waals surface area contributed by atoms with E-state index in [0.29, 0.717) is 0 Å². The molecule has 0 aromatic carbocycles. The Morgan fingerprint density at radius 2 is 2.06 bits per heavy atom. The van der Waals surface area contributed by atoms with Gasteiger partial charge in [0.05, 0.1) is 6.10 Å². The fourth-order valence-corrected chi connectivity index (χ4v) is 2.43. The highest BCUT2D eigenvalue weighted by Crippen LogP contribution is 2.22. The highest BCUT2D eigenvalue weighted by Gasteiger charge is 2.24. The molecule has 2 unspecified atom stereocenters. The number of oxime groups is 1. The number of nitrogens with zero attached hydrogens (tertiary/aromatic N) is 1. The molecule has 1 saturated carbocycles. The molecule has 1 aliphatic rings. The third-order valence-electron chi connectivity index (χ3n) is 3.92. The van der Waals surface area contributed by atoms with Gasteiger partial charge in [-0.05, 0) is 32.2 Å². The van der Waals surface area contributed by atoms with E-state index < -0.39 is 0 Å². The van der Waals surface area contributed by atoms with E-state index in [1.54, 1.807) is 0 Å². The average Bonchev–Trinajstić information content (AvgIpc) is 2.35. The molecule has 1 aliphatic carbocycles. The van der Waals surface area contributed by atoms with Gasteiger partial charge in [-0.3, -0.25) is 0 Å². The van der Waals surface area contributed by atoms with Crippen molar-refractivity contribution in [3.05, 3.63) is 0 Å². The number of rotatable bonds is 6. The molecule has 1 fully saturated rings. The van der Waals surface area contributed by atoms with Gasteiger partial charge in [-0.1, -0.05) is 31.8 Å². The molecule has 0 spiro atoms. The number of aliphatic hydroxyl groups is 1. The van der Waals surface area contributed by atoms with Gasteiger partial charge in [-0.25, -0.2) is 0 Å². The Balaban J connectivity index is 2.22. The molecule has 5 nitrogen and oxygen atoms in total. The van der Waals surface area contributed by atoms with Crippen LogP contribution in [0.2, 0.25) is 0 Å². The normalized spacial score (nSPS) is 26.3. The van der Waals surface area contributed by atoms with Gasteiger partial charge >= 0.3 is 0 Å². The second-order valence-corrected chi connectivity index (χ2v) is 5.89. The summed E-state index contributed by atoms with van der Waals surface area (Å²) >= 11 is 0. The van der Waals surface area contributed by atoms with Crippen molar-refractivity contribution in [3.8, 4) is 0 Å². The van der Waals surface area contributed by atoms with E-state index in [0.717, 1.165) is 38.6 Å². The van der Waals surface area contributed by atoms with Crippen LogP contribution in [0.4, 0.5) is 0 Å². The van der Waals surface area contributed by atoms with Crippen molar-refractivity contribution in [2.45, 2.75) is 64.5 Å². The topological polar surface area (TPSA) is 90.9 Å². The lowest BCUT2D eigenvalue weighted by Gasteiger charge is -2.29. The molecule has 5 N–H and O–H groups in total. The lowest BCUT2D eigenvalue weighted by atomic mass is 9.86. The summed E-state index contributed by atoms with van der Waals surface area (Å²) in [7, 11) is 0. The smallest absolute Gasteiger partial charge is 0.144 e. The Labute approximate surface area is 109 Å². The molecular formula is C13H27N3O2. The maximum atomic E-state index is 9.82. The second-order valence-electron chi connectivity index (χ2n) is 5.89. The van der Waals surface area contributed by atoms with Gasteiger partial charge in [0.25, 0.3) is 0 Å². The standard InChI is InChI=1S/C13H27N3O2/c1-13(2,12(14)16-18)8-5-9-15-10-6-3-4-7-11(10)17/h10-11,15,17-18H,3-9H2,1-2H3,(H2,14,16). The molecule has 2 atom stereocenters. The van der Waals surface area contributed by atoms with Crippen LogP contribution in [0.3, 0.4) is 0 Å². The zero-order valence-corrected chi connectivity index (χ0v) is 11.5. The van der Waals surface area contributed by atoms with Crippen LogP contribution in [0, 0.1) is 5.41 Å². The van der Waals surface area contributed by atoms with E-state index in [9.17, 15) is 5.11 Å². The van der Waals surface area contributed by atoms with Crippen LogP contribution < -0.4 is 11.1 Å². The minimum atomic E-state index is -0.276. The van der Waals surface area contributed by atoms with Crippen molar-refractivity contribution in [1.82, 2.24) is 5.32 Å². The first-order chi connectivity index (χ1) is 8.47. The van der Waals surface area contributed by atoms with Crippen LogP contribution in [0.15, 0.2) is 5.16 Å². The highest BCUT2D eigenvalue weighted by molar-refractivity contribution is 5.85. The van der Waals surface area contributed by atoms with Gasteiger partial charge in [-0.15, -0.1) is 0 Å². The van der Waals surface area contributed by atoms with Crippen molar-refractivity contribution < 1.29 is 10.3 Å². The predicted molar refractivity (Wildman–Crippen MR) is 72.7 cm³/mol. The summed E-state index contributed by atoms with van der Waals surface area (Å²) in [5.41, 5.74) is 5.36. The van der Waals surface area contributed by atoms with Crippen LogP contribution >= 0.6 is 0 Å². The van der Waals surface area contributed by atoms with Crippen LogP contribution in [0.1, 0.15) is 52.4 Å². The monoisotopic (exact) mass is 257 g/mol. The Morgan fingerprint density at radius 3 is 2.67 bits per heavy atom. The van der Waals surface area contributed by atoms with E-state index in [2.05, 4.69) is 10.5 Å². The maximum Gasteiger partial charge on any atom is 0.144 e. The average molecular weight is 257 g/mol. The number of hydrogen-bond donors (Lipinski definition) is 4. The second kappa shape index (κ2) is 6.95. The Kier molecular flexibility index (Phi) is 5.88. The van der Waals surface area contributed by atoms with Crippen LogP contribution in [-0.4, -0.2) is 34.8 Å². The van der Waals surface area contributed by atoms with Gasteiger partial charge in [0.1, 0.15) is 5.84 Å². The third kappa shape index (κ3) is 4.46. The molecule has 0 heterocycles. The minimum absolute atomic E-state index is 0.198. The first-order valence-electron chi connectivity index (χ1n) is 6.87. The summed E-state index contributed by atoms with van der Waals surface area (Å²) in [5.74, 6) is 0.278. The molecule has 0 saturated heterocycles. The largest absolute Gasteiger partial charge is 0.409 e. The van der Waals surface area contributed by atoms with E-state index in [4.69, 9.17) is 10.9 Å². The number of amidine groups is 1. The maximum absolute atomic E-state index is 9.82. The summed E-state index contributed by atoms with van der Waals surface area (Å²) < 4.78 is 0. The molecule has 18 heavy (non-hydrogen) atoms. The lowest BCUT2D eigenvalue weighted by Crippen LogP contribution is -2.42. The van der Waals surface area contributed by atoms with E-state index in [1.165, 1.54) is 6.42 Å². The highest BCUT2D eigenvalue weighted by atomic mass is 16.4. The molecule has 106 valence electrons. The van der Waals surface area contributed by atoms with Gasteiger partial charge in [0.15, 0.2) is 0 Å². The van der Waals surface area contributed by atoms with Crippen LogP contribution in [-0.2, 0) is 0 Å². The minimum Gasteiger partial charge on any atom is -0.409 e. The number of nitrogens with two attached hydrogens (primary N) is 1. The quantitative estimate of drug-likeness (QED) is 0.190. The molecule has 5 heteroatoms. The van der Waals surface area contributed by atoms with Crippen molar-refractivity contribution in [2.75, 3.05) is 6.54 Å². The lowest BCUT2D eigenvalue weighted by molar-refractivity contribution is 0.0907. The molecule has 0 radical (unpaired) electrons. The fraction of sp³-hybridized carbons (Fsp3) is 0.923. The molecule has 0 bridgehead atoms. The van der Waals surface area contributed by atoms with Crippen molar-refractivity contribution in [3.63, 3.8) is 0 Å². The van der Waals surface area contributed by atoms with E-state index >= 15 is 0 Å². The fourth-order valence-electron chi connectivity index (χ4n) is 2.43. The predicted octanol–water partition coefficient (Wildman–Crippen LogP) is 1.43. The van der Waals surface area contributed by atoms with E-state index in [-0.39, 0.29) is 23.4 Å². The van der Waals surface area contributed by atoms with Crippen molar-refractivity contribution in [1.29, 1.82) is 0 Å². The van der Waals surface area contributed by atoms with Crippen molar-refractivity contribution >= 4 is 5.84 Å². The Morgan fingerprint density at radius 1 is 1.39 bits per heavy atom. The van der Waals surface area contributed by atoms with Gasteiger partial charge in [0.2, 0.25) is 0 Å². The van der Waals surface area contributed by atoms with Crippen LogP contribution in [0.5, 0.6) is 0 Å². The van der Waals surface area contributed by atoms with Crippen molar-refractivity contribution in [2.24, 2.45) is 16.3 Å². The number of aliphatic hydroxyl groups excluding tert-OH is 1. The molecule has 0 aromatic rings. The first kappa shape index (κ1) is 15.2. The Hall–Kier alpha value is -0.810. The number of nitrogens with one attached hydrogen (secondary N) is 1. The summed E-state index contributed by atoms with van der Waals surface area (Å²) in [6.07, 6.45) is 5.92. The molecule has 0 aliphatic heterocycles. The SMILES string of the molecule is CC(C)(CCCNC1CCCCC1O)C(N)=NO. The zero-order valence-electron chi connectivity index (χ0n) is 11.5. The summed E-state index contributed by atoms with van der Waals surface area (Å²) in [4.78, 5) is 0. The van der Waals surface area contributed by atoms with Gasteiger partial charge in [0, 0.05) is 11.5 Å². The van der Waals surface area contributed by atoms with Gasteiger partial charge < -0.3 is 21.4 Å². The van der Waals surface area contributed by atoms with Gasteiger partial charge in [-0.2, -0.15) is 0 Å². The Bertz CT molecular complexity index is 279. The number of hydrogen-bond acceptors (Lipinski definition) is 4. The summed E-state index contributed by atoms with van der Waals surface area (Å²) in [6, 6.07) is 0.241. The summed E-state index contributed by atoms with van der Waals surface area (Å²) in [5, 5.41) is 25.0. The van der Waals surface area contributed by atoms with Crippen LogP contribution in [0.25, 0.3) is 0 Å². The molecular weight excluding hydrogens is 230 g/mol. The first-order valence-corrected chi connectivity index (χ1v) is 6.87. The summed E-state index contributed by atoms with van der Waals surface area (Å²) in [6.45, 7) is 4.80. The molecule has 0 amide bonds. The van der Waals surface area contributed by atoms with E-state index in [1.807, 2.05) is 13.8 Å².